The number of hydrogen-bond donors (Lipinski definition) is 1. The van der Waals surface area contributed by atoms with Gasteiger partial charge in [-0.3, -0.25) is 14.6 Å². The molecule has 0 aliphatic heterocycles. The lowest BCUT2D eigenvalue weighted by atomic mass is 10.3. The third-order valence-electron chi connectivity index (χ3n) is 2.46. The number of aromatic nitrogens is 1. The highest BCUT2D eigenvalue weighted by Gasteiger charge is 2.33. The fourth-order valence-corrected chi connectivity index (χ4v) is 2.09. The van der Waals surface area contributed by atoms with E-state index in [1.807, 2.05) is 0 Å². The number of nitrogens with zero attached hydrogens (tertiary/aromatic N) is 2. The first kappa shape index (κ1) is 11.1. The Balaban J connectivity index is 2.01. The molecule has 1 aliphatic rings. The van der Waals surface area contributed by atoms with Crippen molar-refractivity contribution < 1.29 is 14.7 Å². The van der Waals surface area contributed by atoms with Crippen molar-refractivity contribution in [1.82, 2.24) is 9.88 Å². The second kappa shape index (κ2) is 4.61. The van der Waals surface area contributed by atoms with Crippen LogP contribution in [-0.2, 0) is 4.79 Å². The van der Waals surface area contributed by atoms with Crippen molar-refractivity contribution in [2.24, 2.45) is 0 Å². The maximum atomic E-state index is 12.0. The summed E-state index contributed by atoms with van der Waals surface area (Å²) in [6.07, 6.45) is 3.48. The lowest BCUT2D eigenvalue weighted by Gasteiger charge is -2.20. The summed E-state index contributed by atoms with van der Waals surface area (Å²) in [7, 11) is 0. The van der Waals surface area contributed by atoms with E-state index in [0.29, 0.717) is 4.88 Å². The fourth-order valence-electron chi connectivity index (χ4n) is 1.52. The van der Waals surface area contributed by atoms with Crippen LogP contribution >= 0.6 is 11.3 Å². The van der Waals surface area contributed by atoms with Gasteiger partial charge in [0.2, 0.25) is 0 Å². The normalized spacial score (nSPS) is 14.8. The van der Waals surface area contributed by atoms with Gasteiger partial charge in [0.1, 0.15) is 4.88 Å². The third-order valence-corrected chi connectivity index (χ3v) is 3.22. The van der Waals surface area contributed by atoms with E-state index >= 15 is 0 Å². The summed E-state index contributed by atoms with van der Waals surface area (Å²) in [5.74, 6) is -0.964. The molecule has 0 radical (unpaired) electrons. The Labute approximate surface area is 96.7 Å². The summed E-state index contributed by atoms with van der Waals surface area (Å²) in [6, 6.07) is 0.231. The number of carboxylic acids is 1. The number of aliphatic carboxylic acids is 1. The van der Waals surface area contributed by atoms with Crippen LogP contribution in [0.5, 0.6) is 0 Å². The zero-order valence-electron chi connectivity index (χ0n) is 8.63. The molecule has 2 rings (SSSR count). The fraction of sp³-hybridized carbons (Fsp3) is 0.500. The standard InChI is InChI=1S/C10H12N2O3S/c13-9(14)3-4-12(7-1-2-7)10(15)8-5-11-6-16-8/h5-7H,1-4H2,(H,13,14). The largest absolute Gasteiger partial charge is 0.481 e. The molecule has 16 heavy (non-hydrogen) atoms. The first-order chi connectivity index (χ1) is 7.68. The van der Waals surface area contributed by atoms with Crippen molar-refractivity contribution in [3.8, 4) is 0 Å². The van der Waals surface area contributed by atoms with Gasteiger partial charge in [0.25, 0.3) is 5.91 Å². The Kier molecular flexibility index (Phi) is 3.19. The molecule has 86 valence electrons. The summed E-state index contributed by atoms with van der Waals surface area (Å²) in [4.78, 5) is 28.6. The summed E-state index contributed by atoms with van der Waals surface area (Å²) >= 11 is 1.29. The zero-order chi connectivity index (χ0) is 11.5. The molecule has 1 amide bonds. The molecule has 1 aromatic rings. The molecule has 0 unspecified atom stereocenters. The first-order valence-electron chi connectivity index (χ1n) is 5.09. The van der Waals surface area contributed by atoms with Crippen molar-refractivity contribution in [1.29, 1.82) is 0 Å². The molecule has 1 fully saturated rings. The van der Waals surface area contributed by atoms with Gasteiger partial charge in [-0.1, -0.05) is 0 Å². The molecule has 1 aromatic heterocycles. The maximum absolute atomic E-state index is 12.0. The van der Waals surface area contributed by atoms with E-state index in [-0.39, 0.29) is 24.9 Å². The number of carbonyl (C=O) groups is 2. The number of hydrogen-bond acceptors (Lipinski definition) is 4. The number of rotatable bonds is 5. The Morgan fingerprint density at radius 1 is 1.56 bits per heavy atom. The van der Waals surface area contributed by atoms with Gasteiger partial charge in [-0.25, -0.2) is 0 Å². The second-order valence-corrected chi connectivity index (χ2v) is 4.63. The quantitative estimate of drug-likeness (QED) is 0.840. The van der Waals surface area contributed by atoms with E-state index in [0.717, 1.165) is 12.8 Å². The minimum atomic E-state index is -0.872. The molecule has 1 saturated carbocycles. The Bertz CT molecular complexity index is 387. The molecular formula is C10H12N2O3S. The van der Waals surface area contributed by atoms with Crippen LogP contribution in [-0.4, -0.2) is 39.5 Å². The number of carboxylic acid groups (broad SMARTS) is 1. The smallest absolute Gasteiger partial charge is 0.305 e. The van der Waals surface area contributed by atoms with Gasteiger partial charge in [0.05, 0.1) is 18.1 Å². The Morgan fingerprint density at radius 2 is 2.31 bits per heavy atom. The van der Waals surface area contributed by atoms with Crippen molar-refractivity contribution in [2.45, 2.75) is 25.3 Å². The molecule has 1 heterocycles. The van der Waals surface area contributed by atoms with Crippen LogP contribution < -0.4 is 0 Å². The van der Waals surface area contributed by atoms with Crippen LogP contribution in [0.15, 0.2) is 11.7 Å². The van der Waals surface area contributed by atoms with Crippen molar-refractivity contribution in [3.63, 3.8) is 0 Å². The SMILES string of the molecule is O=C(O)CCN(C(=O)c1cncs1)C1CC1. The van der Waals surface area contributed by atoms with Crippen molar-refractivity contribution >= 4 is 23.2 Å². The molecule has 1 aliphatic carbocycles. The molecule has 5 nitrogen and oxygen atoms in total. The zero-order valence-corrected chi connectivity index (χ0v) is 9.44. The Morgan fingerprint density at radius 3 is 2.81 bits per heavy atom. The monoisotopic (exact) mass is 240 g/mol. The summed E-state index contributed by atoms with van der Waals surface area (Å²) in [6.45, 7) is 0.288. The van der Waals surface area contributed by atoms with Crippen LogP contribution in [0.3, 0.4) is 0 Å². The van der Waals surface area contributed by atoms with Crippen LogP contribution in [0.1, 0.15) is 28.9 Å². The van der Waals surface area contributed by atoms with E-state index in [2.05, 4.69) is 4.98 Å². The average molecular weight is 240 g/mol. The van der Waals surface area contributed by atoms with Gasteiger partial charge in [-0.15, -0.1) is 11.3 Å². The van der Waals surface area contributed by atoms with Gasteiger partial charge < -0.3 is 10.0 Å². The highest BCUT2D eigenvalue weighted by atomic mass is 32.1. The molecular weight excluding hydrogens is 228 g/mol. The topological polar surface area (TPSA) is 70.5 Å². The first-order valence-corrected chi connectivity index (χ1v) is 5.97. The molecule has 1 N–H and O–H groups in total. The van der Waals surface area contributed by atoms with Gasteiger partial charge in [0, 0.05) is 12.6 Å². The van der Waals surface area contributed by atoms with Gasteiger partial charge in [-0.2, -0.15) is 0 Å². The molecule has 6 heteroatoms. The number of carbonyl (C=O) groups excluding carboxylic acids is 1. The molecule has 0 bridgehead atoms. The molecule has 0 atom stereocenters. The number of amides is 1. The van der Waals surface area contributed by atoms with Gasteiger partial charge in [0.15, 0.2) is 0 Å². The van der Waals surface area contributed by atoms with Crippen LogP contribution in [0, 0.1) is 0 Å². The van der Waals surface area contributed by atoms with Crippen LogP contribution in [0.4, 0.5) is 0 Å². The summed E-state index contributed by atoms with van der Waals surface area (Å²) in [5, 5.41) is 8.63. The molecule has 0 spiro atoms. The van der Waals surface area contributed by atoms with Crippen molar-refractivity contribution in [2.75, 3.05) is 6.54 Å². The third kappa shape index (κ3) is 2.57. The lowest BCUT2D eigenvalue weighted by molar-refractivity contribution is -0.137. The molecule has 0 saturated heterocycles. The number of thiazole rings is 1. The van der Waals surface area contributed by atoms with E-state index in [1.165, 1.54) is 17.5 Å². The van der Waals surface area contributed by atoms with Gasteiger partial charge >= 0.3 is 5.97 Å². The summed E-state index contributed by atoms with van der Waals surface area (Å²) in [5.41, 5.74) is 1.61. The minimum Gasteiger partial charge on any atom is -0.481 e. The van der Waals surface area contributed by atoms with E-state index < -0.39 is 5.97 Å². The lowest BCUT2D eigenvalue weighted by Crippen LogP contribution is -2.34. The highest BCUT2D eigenvalue weighted by molar-refractivity contribution is 7.11. The van der Waals surface area contributed by atoms with E-state index in [9.17, 15) is 9.59 Å². The molecule has 0 aromatic carbocycles. The van der Waals surface area contributed by atoms with Crippen LogP contribution in [0.25, 0.3) is 0 Å². The van der Waals surface area contributed by atoms with Crippen molar-refractivity contribution in [3.05, 3.63) is 16.6 Å². The summed E-state index contributed by atoms with van der Waals surface area (Å²) < 4.78 is 0. The minimum absolute atomic E-state index is 0.00104. The Hall–Kier alpha value is -1.43. The van der Waals surface area contributed by atoms with E-state index in [1.54, 1.807) is 10.4 Å². The average Bonchev–Trinajstić information content (AvgIpc) is 2.93. The second-order valence-electron chi connectivity index (χ2n) is 3.74. The van der Waals surface area contributed by atoms with Gasteiger partial charge in [-0.05, 0) is 12.8 Å². The van der Waals surface area contributed by atoms with E-state index in [4.69, 9.17) is 5.11 Å². The maximum Gasteiger partial charge on any atom is 0.305 e. The highest BCUT2D eigenvalue weighted by Crippen LogP contribution is 2.28. The predicted molar refractivity (Wildman–Crippen MR) is 58.4 cm³/mol. The predicted octanol–water partition coefficient (Wildman–Crippen LogP) is 1.22. The van der Waals surface area contributed by atoms with Crippen LogP contribution in [0.2, 0.25) is 0 Å².